The second-order valence-electron chi connectivity index (χ2n) is 3.01. The maximum absolute atomic E-state index is 5.58. The van der Waals surface area contributed by atoms with Gasteiger partial charge in [0.05, 0.1) is 0 Å². The van der Waals surface area contributed by atoms with Crippen LogP contribution in [0.2, 0.25) is 0 Å². The Morgan fingerprint density at radius 1 is 0.938 bits per heavy atom. The second-order valence-corrected chi connectivity index (χ2v) is 3.01. The van der Waals surface area contributed by atoms with Gasteiger partial charge in [-0.3, -0.25) is 0 Å². The lowest BCUT2D eigenvalue weighted by molar-refractivity contribution is -0.378. The molecule has 0 aliphatic carbocycles. The third-order valence-corrected chi connectivity index (χ3v) is 1.94. The molecular weight excluding hydrogens is 198 g/mol. The molecule has 0 amide bonds. The Balaban J connectivity index is 0.000000606. The first-order chi connectivity index (χ1) is 7.95. The van der Waals surface area contributed by atoms with Gasteiger partial charge in [0.1, 0.15) is 12.4 Å². The molecule has 2 rings (SSSR count). The van der Waals surface area contributed by atoms with Gasteiger partial charge in [-0.2, -0.15) is 0 Å². The van der Waals surface area contributed by atoms with Crippen molar-refractivity contribution in [1.29, 1.82) is 0 Å². The van der Waals surface area contributed by atoms with Gasteiger partial charge in [-0.1, -0.05) is 32.0 Å². The Kier molecular flexibility index (Phi) is 5.71. The number of rotatable bonds is 3. The van der Waals surface area contributed by atoms with E-state index in [-0.39, 0.29) is 0 Å². The fourth-order valence-electron chi connectivity index (χ4n) is 1.20. The van der Waals surface area contributed by atoms with Crippen molar-refractivity contribution in [1.82, 2.24) is 0 Å². The maximum Gasteiger partial charge on any atom is 0.167 e. The molecule has 0 saturated carbocycles. The van der Waals surface area contributed by atoms with Crippen LogP contribution in [0, 0.1) is 0 Å². The standard InChI is InChI=1S/C12H11NO.C2H6/c1-2-4-12(5-3-1)14-10-11-6-8-13-9-7-11;1-2/h1-9H,10H2;1-2H3/p+1. The van der Waals surface area contributed by atoms with Gasteiger partial charge in [0.2, 0.25) is 0 Å². The molecule has 2 nitrogen and oxygen atoms in total. The lowest BCUT2D eigenvalue weighted by atomic mass is 10.3. The lowest BCUT2D eigenvalue weighted by Gasteiger charge is -2.04. The minimum absolute atomic E-state index is 0.610. The molecule has 0 bridgehead atoms. The predicted octanol–water partition coefficient (Wildman–Crippen LogP) is 3.11. The Hall–Kier alpha value is -1.83. The fourth-order valence-corrected chi connectivity index (χ4v) is 1.20. The van der Waals surface area contributed by atoms with Crippen molar-refractivity contribution >= 4 is 0 Å². The number of aromatic amines is 1. The van der Waals surface area contributed by atoms with Gasteiger partial charge in [0, 0.05) is 17.7 Å². The van der Waals surface area contributed by atoms with Crippen molar-refractivity contribution in [3.05, 3.63) is 60.4 Å². The highest BCUT2D eigenvalue weighted by Gasteiger charge is 1.94. The fraction of sp³-hybridized carbons (Fsp3) is 0.214. The molecule has 0 aliphatic heterocycles. The molecule has 84 valence electrons. The van der Waals surface area contributed by atoms with Crippen LogP contribution in [0.1, 0.15) is 19.4 Å². The summed E-state index contributed by atoms with van der Waals surface area (Å²) in [6.07, 6.45) is 3.79. The van der Waals surface area contributed by atoms with Crippen LogP contribution in [0.25, 0.3) is 0 Å². The van der Waals surface area contributed by atoms with Crippen LogP contribution in [-0.2, 0) is 6.61 Å². The first kappa shape index (κ1) is 12.2. The number of ether oxygens (including phenoxy) is 1. The van der Waals surface area contributed by atoms with E-state index >= 15 is 0 Å². The van der Waals surface area contributed by atoms with Crippen LogP contribution in [0.5, 0.6) is 5.75 Å². The summed E-state index contributed by atoms with van der Waals surface area (Å²) in [5.41, 5.74) is 1.16. The summed E-state index contributed by atoms with van der Waals surface area (Å²) < 4.78 is 5.58. The molecule has 0 radical (unpaired) electrons. The van der Waals surface area contributed by atoms with E-state index in [1.807, 2.05) is 68.7 Å². The molecular formula is C14H18NO+. The smallest absolute Gasteiger partial charge is 0.167 e. The molecule has 2 aromatic rings. The summed E-state index contributed by atoms with van der Waals surface area (Å²) >= 11 is 0. The van der Waals surface area contributed by atoms with Crippen LogP contribution in [0.4, 0.5) is 0 Å². The van der Waals surface area contributed by atoms with Gasteiger partial charge < -0.3 is 4.74 Å². The van der Waals surface area contributed by atoms with Crippen LogP contribution in [-0.4, -0.2) is 0 Å². The van der Waals surface area contributed by atoms with E-state index in [0.29, 0.717) is 6.61 Å². The number of para-hydroxylation sites is 1. The quantitative estimate of drug-likeness (QED) is 0.773. The lowest BCUT2D eigenvalue weighted by Crippen LogP contribution is -2.01. The largest absolute Gasteiger partial charge is 0.489 e. The van der Waals surface area contributed by atoms with E-state index in [0.717, 1.165) is 11.3 Å². The van der Waals surface area contributed by atoms with Gasteiger partial charge in [0.25, 0.3) is 0 Å². The average molecular weight is 216 g/mol. The number of H-pyrrole nitrogens is 1. The van der Waals surface area contributed by atoms with E-state index in [1.54, 1.807) is 0 Å². The van der Waals surface area contributed by atoms with Crippen LogP contribution >= 0.6 is 0 Å². The van der Waals surface area contributed by atoms with Crippen LogP contribution < -0.4 is 9.72 Å². The molecule has 1 aromatic heterocycles. The van der Waals surface area contributed by atoms with Crippen molar-refractivity contribution in [3.8, 4) is 5.75 Å². The molecule has 1 aromatic carbocycles. The van der Waals surface area contributed by atoms with Gasteiger partial charge in [-0.25, -0.2) is 4.98 Å². The highest BCUT2D eigenvalue weighted by Crippen LogP contribution is 2.10. The zero-order valence-corrected chi connectivity index (χ0v) is 9.81. The van der Waals surface area contributed by atoms with Gasteiger partial charge in [-0.15, -0.1) is 0 Å². The summed E-state index contributed by atoms with van der Waals surface area (Å²) in [7, 11) is 0. The molecule has 0 saturated heterocycles. The SMILES string of the molecule is CC.c1ccc(OCc2cc[nH+]cc2)cc1. The minimum Gasteiger partial charge on any atom is -0.489 e. The number of hydrogen-bond donors (Lipinski definition) is 0. The summed E-state index contributed by atoms with van der Waals surface area (Å²) in [4.78, 5) is 2.98. The summed E-state index contributed by atoms with van der Waals surface area (Å²) in [5, 5.41) is 0. The van der Waals surface area contributed by atoms with E-state index in [4.69, 9.17) is 4.74 Å². The number of benzene rings is 1. The molecule has 1 N–H and O–H groups in total. The Morgan fingerprint density at radius 2 is 1.56 bits per heavy atom. The van der Waals surface area contributed by atoms with Crippen LogP contribution in [0.15, 0.2) is 54.9 Å². The number of hydrogen-bond acceptors (Lipinski definition) is 1. The molecule has 0 aliphatic rings. The van der Waals surface area contributed by atoms with Crippen molar-refractivity contribution < 1.29 is 9.72 Å². The van der Waals surface area contributed by atoms with Gasteiger partial charge >= 0.3 is 0 Å². The maximum atomic E-state index is 5.58. The normalized spacial score (nSPS) is 8.88. The first-order valence-electron chi connectivity index (χ1n) is 5.58. The summed E-state index contributed by atoms with van der Waals surface area (Å²) in [6.45, 7) is 4.61. The highest BCUT2D eigenvalue weighted by molar-refractivity contribution is 5.21. The Bertz CT molecular complexity index is 333. The third-order valence-electron chi connectivity index (χ3n) is 1.94. The zero-order chi connectivity index (χ0) is 11.6. The van der Waals surface area contributed by atoms with Gasteiger partial charge in [0.15, 0.2) is 12.4 Å². The second kappa shape index (κ2) is 7.46. The zero-order valence-electron chi connectivity index (χ0n) is 9.81. The first-order valence-corrected chi connectivity index (χ1v) is 5.58. The summed E-state index contributed by atoms with van der Waals surface area (Å²) in [5.74, 6) is 0.903. The molecule has 0 atom stereocenters. The number of aromatic nitrogens is 1. The van der Waals surface area contributed by atoms with Crippen molar-refractivity contribution in [2.75, 3.05) is 0 Å². The Labute approximate surface area is 96.9 Å². The average Bonchev–Trinajstić information content (AvgIpc) is 2.41. The predicted molar refractivity (Wildman–Crippen MR) is 65.1 cm³/mol. The van der Waals surface area contributed by atoms with Gasteiger partial charge in [-0.05, 0) is 12.1 Å². The molecule has 16 heavy (non-hydrogen) atoms. The van der Waals surface area contributed by atoms with Crippen LogP contribution in [0.3, 0.4) is 0 Å². The number of pyridine rings is 1. The highest BCUT2D eigenvalue weighted by atomic mass is 16.5. The molecule has 0 spiro atoms. The van der Waals surface area contributed by atoms with Crippen molar-refractivity contribution in [3.63, 3.8) is 0 Å². The monoisotopic (exact) mass is 216 g/mol. The molecule has 2 heteroatoms. The van der Waals surface area contributed by atoms with E-state index < -0.39 is 0 Å². The molecule has 1 heterocycles. The molecule has 0 unspecified atom stereocenters. The van der Waals surface area contributed by atoms with Crippen molar-refractivity contribution in [2.45, 2.75) is 20.5 Å². The Morgan fingerprint density at radius 3 is 2.19 bits per heavy atom. The topological polar surface area (TPSA) is 23.4 Å². The third kappa shape index (κ3) is 4.13. The number of nitrogens with one attached hydrogen (secondary N) is 1. The van der Waals surface area contributed by atoms with E-state index in [1.165, 1.54) is 0 Å². The van der Waals surface area contributed by atoms with E-state index in [2.05, 4.69) is 4.98 Å². The minimum atomic E-state index is 0.610. The van der Waals surface area contributed by atoms with E-state index in [9.17, 15) is 0 Å². The molecule has 0 fully saturated rings. The summed E-state index contributed by atoms with van der Waals surface area (Å²) in [6, 6.07) is 13.8. The van der Waals surface area contributed by atoms with Crippen molar-refractivity contribution in [2.24, 2.45) is 0 Å².